The highest BCUT2D eigenvalue weighted by molar-refractivity contribution is 9.10. The number of nitrogens with zero attached hydrogens (tertiary/aromatic N) is 2. The summed E-state index contributed by atoms with van der Waals surface area (Å²) in [6, 6.07) is 17.1. The Morgan fingerprint density at radius 3 is 2.30 bits per heavy atom. The molecular weight excluding hydrogens is 464 g/mol. The van der Waals surface area contributed by atoms with Crippen LogP contribution in [0, 0.1) is 0 Å². The van der Waals surface area contributed by atoms with Crippen molar-refractivity contribution in [2.24, 2.45) is 4.40 Å². The van der Waals surface area contributed by atoms with Crippen LogP contribution in [0.4, 0.5) is 4.79 Å². The second kappa shape index (κ2) is 11.0. The van der Waals surface area contributed by atoms with Gasteiger partial charge in [0, 0.05) is 16.6 Å². The molecule has 0 radical (unpaired) electrons. The van der Waals surface area contributed by atoms with Gasteiger partial charge in [-0.1, -0.05) is 62.8 Å². The van der Waals surface area contributed by atoms with E-state index < -0.39 is 22.2 Å². The van der Waals surface area contributed by atoms with Crippen LogP contribution in [-0.4, -0.2) is 37.7 Å². The van der Waals surface area contributed by atoms with E-state index in [0.29, 0.717) is 19.4 Å². The Morgan fingerprint density at radius 2 is 1.77 bits per heavy atom. The summed E-state index contributed by atoms with van der Waals surface area (Å²) < 4.78 is 17.6. The van der Waals surface area contributed by atoms with Gasteiger partial charge in [0.15, 0.2) is 0 Å². The van der Waals surface area contributed by atoms with E-state index in [4.69, 9.17) is 0 Å². The molecule has 2 aromatic carbocycles. The molecule has 0 saturated heterocycles. The van der Waals surface area contributed by atoms with E-state index in [1.54, 1.807) is 0 Å². The van der Waals surface area contributed by atoms with Gasteiger partial charge in [0.05, 0.1) is 11.8 Å². The Hall–Kier alpha value is -1.83. The molecule has 0 saturated carbocycles. The molecular formula is C23H29BrN2O3S. The van der Waals surface area contributed by atoms with Crippen molar-refractivity contribution in [1.82, 2.24) is 4.90 Å². The van der Waals surface area contributed by atoms with Crippen molar-refractivity contribution < 1.29 is 14.5 Å². The lowest BCUT2D eigenvalue weighted by Gasteiger charge is -2.27. The van der Waals surface area contributed by atoms with E-state index in [-0.39, 0.29) is 6.04 Å². The lowest BCUT2D eigenvalue weighted by Crippen LogP contribution is -2.33. The first-order valence-corrected chi connectivity index (χ1v) is 11.8. The third kappa shape index (κ3) is 7.15. The topological polar surface area (TPSA) is 76.0 Å². The number of halogens is 1. The molecule has 7 heteroatoms. The molecule has 1 N–H and O–H groups in total. The number of carbonyl (C=O) groups is 1. The average molecular weight is 493 g/mol. The highest BCUT2D eigenvalue weighted by Gasteiger charge is 2.28. The summed E-state index contributed by atoms with van der Waals surface area (Å²) >= 11 is 2.03. The van der Waals surface area contributed by atoms with Crippen LogP contribution >= 0.6 is 15.9 Å². The van der Waals surface area contributed by atoms with E-state index in [2.05, 4.69) is 20.3 Å². The largest absolute Gasteiger partial charge is 0.591 e. The van der Waals surface area contributed by atoms with Gasteiger partial charge in [-0.2, -0.15) is 0 Å². The van der Waals surface area contributed by atoms with Gasteiger partial charge in [-0.25, -0.2) is 4.79 Å². The van der Waals surface area contributed by atoms with Crippen LogP contribution in [0.2, 0.25) is 0 Å². The smallest absolute Gasteiger partial charge is 0.407 e. The van der Waals surface area contributed by atoms with Crippen molar-refractivity contribution in [3.63, 3.8) is 0 Å². The molecule has 5 nitrogen and oxygen atoms in total. The standard InChI is InChI=1S/C23H29BrN2O3S/c1-17(18-12-14-20(24)15-13-18)26(22(27)28)16-8-11-21(19-9-6-5-7-10-19)25-30(29)23(2,3)4/h5-7,9-10,12-15,17H,8,11,16H2,1-4H3,(H,27,28)/t17-,30?/m0/s1. The van der Waals surface area contributed by atoms with Crippen LogP contribution in [0.5, 0.6) is 0 Å². The second-order valence-corrected chi connectivity index (χ2v) is 10.9. The predicted octanol–water partition coefficient (Wildman–Crippen LogP) is 6.22. The minimum absolute atomic E-state index is 0.267. The lowest BCUT2D eigenvalue weighted by atomic mass is 10.0. The van der Waals surface area contributed by atoms with Crippen LogP contribution in [-0.2, 0) is 11.4 Å². The maximum absolute atomic E-state index is 12.6. The predicted molar refractivity (Wildman–Crippen MR) is 127 cm³/mol. The van der Waals surface area contributed by atoms with Gasteiger partial charge in [-0.3, -0.25) is 0 Å². The highest BCUT2D eigenvalue weighted by Crippen LogP contribution is 2.24. The van der Waals surface area contributed by atoms with Crippen LogP contribution in [0.3, 0.4) is 0 Å². The zero-order valence-electron chi connectivity index (χ0n) is 17.8. The molecule has 2 rings (SSSR count). The average Bonchev–Trinajstić information content (AvgIpc) is 2.70. The van der Waals surface area contributed by atoms with Gasteiger partial charge in [0.2, 0.25) is 0 Å². The zero-order chi connectivity index (χ0) is 22.3. The Balaban J connectivity index is 2.14. The number of amides is 1. The Labute approximate surface area is 190 Å². The normalized spacial score (nSPS) is 14.3. The van der Waals surface area contributed by atoms with Gasteiger partial charge < -0.3 is 14.6 Å². The third-order valence-electron chi connectivity index (χ3n) is 4.70. The number of benzene rings is 2. The van der Waals surface area contributed by atoms with E-state index in [1.807, 2.05) is 82.3 Å². The summed E-state index contributed by atoms with van der Waals surface area (Å²) in [5.41, 5.74) is 2.59. The summed E-state index contributed by atoms with van der Waals surface area (Å²) in [5.74, 6) is 0. The number of carboxylic acid groups (broad SMARTS) is 1. The molecule has 0 fully saturated rings. The van der Waals surface area contributed by atoms with Gasteiger partial charge in [-0.05, 0) is 58.2 Å². The molecule has 1 amide bonds. The third-order valence-corrected chi connectivity index (χ3v) is 6.66. The van der Waals surface area contributed by atoms with Gasteiger partial charge in [0.25, 0.3) is 0 Å². The minimum atomic E-state index is -1.38. The molecule has 1 unspecified atom stereocenters. The molecule has 2 atom stereocenters. The minimum Gasteiger partial charge on any atom is -0.591 e. The van der Waals surface area contributed by atoms with Crippen LogP contribution in [0.25, 0.3) is 0 Å². The summed E-state index contributed by atoms with van der Waals surface area (Å²) in [5, 5.41) is 9.73. The molecule has 0 aromatic heterocycles. The molecule has 0 aliphatic carbocycles. The molecule has 0 bridgehead atoms. The molecule has 162 valence electrons. The maximum Gasteiger partial charge on any atom is 0.407 e. The maximum atomic E-state index is 12.6. The molecule has 2 aromatic rings. The number of hydrogen-bond acceptors (Lipinski definition) is 3. The van der Waals surface area contributed by atoms with Crippen LogP contribution in [0.15, 0.2) is 63.5 Å². The molecule has 0 heterocycles. The second-order valence-electron chi connectivity index (χ2n) is 8.07. The fraction of sp³-hybridized carbons (Fsp3) is 0.391. The summed E-state index contributed by atoms with van der Waals surface area (Å²) in [7, 11) is 0. The monoisotopic (exact) mass is 492 g/mol. The SMILES string of the molecule is C[C@@H](c1ccc(Br)cc1)N(CCCC(=N[S+]([O-])C(C)(C)C)c1ccccc1)C(=O)O. The Morgan fingerprint density at radius 1 is 1.17 bits per heavy atom. The van der Waals surface area contributed by atoms with Gasteiger partial charge in [0.1, 0.15) is 16.1 Å². The highest BCUT2D eigenvalue weighted by atomic mass is 79.9. The fourth-order valence-electron chi connectivity index (χ4n) is 2.90. The van der Waals surface area contributed by atoms with Gasteiger partial charge >= 0.3 is 6.09 Å². The summed E-state index contributed by atoms with van der Waals surface area (Å²) in [4.78, 5) is 13.3. The Bertz CT molecular complexity index is 851. The summed E-state index contributed by atoms with van der Waals surface area (Å²) in [6.07, 6.45) is 0.173. The zero-order valence-corrected chi connectivity index (χ0v) is 20.2. The number of rotatable bonds is 8. The quantitative estimate of drug-likeness (QED) is 0.350. The van der Waals surface area contributed by atoms with E-state index in [1.165, 1.54) is 4.90 Å². The van der Waals surface area contributed by atoms with Crippen molar-refractivity contribution >= 4 is 39.1 Å². The van der Waals surface area contributed by atoms with E-state index >= 15 is 0 Å². The van der Waals surface area contributed by atoms with Crippen molar-refractivity contribution in [3.8, 4) is 0 Å². The first-order valence-electron chi connectivity index (χ1n) is 9.89. The Kier molecular flexibility index (Phi) is 8.94. The van der Waals surface area contributed by atoms with Crippen molar-refractivity contribution in [3.05, 3.63) is 70.2 Å². The van der Waals surface area contributed by atoms with Crippen molar-refractivity contribution in [2.45, 2.75) is 51.3 Å². The first kappa shape index (κ1) is 24.4. The summed E-state index contributed by atoms with van der Waals surface area (Å²) in [6.45, 7) is 7.92. The molecule has 0 aliphatic rings. The van der Waals surface area contributed by atoms with Crippen LogP contribution in [0.1, 0.15) is 57.7 Å². The lowest BCUT2D eigenvalue weighted by molar-refractivity contribution is 0.127. The van der Waals surface area contributed by atoms with Crippen molar-refractivity contribution in [1.29, 1.82) is 0 Å². The molecule has 0 spiro atoms. The number of hydrogen-bond donors (Lipinski definition) is 1. The van der Waals surface area contributed by atoms with E-state index in [0.717, 1.165) is 21.3 Å². The molecule has 30 heavy (non-hydrogen) atoms. The van der Waals surface area contributed by atoms with Crippen LogP contribution < -0.4 is 0 Å². The van der Waals surface area contributed by atoms with E-state index in [9.17, 15) is 14.5 Å². The van der Waals surface area contributed by atoms with Crippen molar-refractivity contribution in [2.75, 3.05) is 6.54 Å². The molecule has 0 aliphatic heterocycles. The first-order chi connectivity index (χ1) is 14.1. The van der Waals surface area contributed by atoms with Gasteiger partial charge in [-0.15, -0.1) is 0 Å². The fourth-order valence-corrected chi connectivity index (χ4v) is 3.84.